The fourth-order valence-electron chi connectivity index (χ4n) is 2.44. The third-order valence-electron chi connectivity index (χ3n) is 3.53. The molecule has 0 aromatic heterocycles. The van der Waals surface area contributed by atoms with E-state index < -0.39 is 16.4 Å². The molecule has 1 unspecified atom stereocenters. The highest BCUT2D eigenvalue weighted by molar-refractivity contribution is 6.31. The molecule has 1 atom stereocenters. The van der Waals surface area contributed by atoms with Crippen LogP contribution in [0.5, 0.6) is 0 Å². The van der Waals surface area contributed by atoms with Gasteiger partial charge in [-0.05, 0) is 31.9 Å². The Bertz CT molecular complexity index is 549. The minimum absolute atomic E-state index is 0.126. The molecule has 1 aliphatic heterocycles. The van der Waals surface area contributed by atoms with Crippen LogP contribution in [-0.2, 0) is 4.79 Å². The van der Waals surface area contributed by atoms with E-state index in [1.54, 1.807) is 11.8 Å². The number of carbonyl (C=O) groups is 1. The molecule has 0 amide bonds. The Kier molecular flexibility index (Phi) is 3.36. The highest BCUT2D eigenvalue weighted by atomic mass is 35.5. The third kappa shape index (κ3) is 2.23. The maximum absolute atomic E-state index is 11.4. The molecule has 19 heavy (non-hydrogen) atoms. The number of hydrogen-bond donors (Lipinski definition) is 1. The van der Waals surface area contributed by atoms with Crippen LogP contribution in [0.4, 0.5) is 11.4 Å². The first-order valence-electron chi connectivity index (χ1n) is 5.81. The Morgan fingerprint density at radius 1 is 1.58 bits per heavy atom. The van der Waals surface area contributed by atoms with Crippen molar-refractivity contribution < 1.29 is 14.8 Å². The summed E-state index contributed by atoms with van der Waals surface area (Å²) >= 11 is 5.88. The first-order chi connectivity index (χ1) is 8.86. The van der Waals surface area contributed by atoms with Crippen LogP contribution in [0.1, 0.15) is 19.8 Å². The minimum atomic E-state index is -1.13. The smallest absolute Gasteiger partial charge is 0.329 e. The number of benzene rings is 1. The summed E-state index contributed by atoms with van der Waals surface area (Å²) in [4.78, 5) is 23.5. The van der Waals surface area contributed by atoms with Crippen molar-refractivity contribution in [3.63, 3.8) is 0 Å². The number of nitro benzene ring substituents is 1. The van der Waals surface area contributed by atoms with Gasteiger partial charge in [0.05, 0.1) is 4.92 Å². The third-order valence-corrected chi connectivity index (χ3v) is 3.76. The maximum Gasteiger partial charge on any atom is 0.329 e. The van der Waals surface area contributed by atoms with Gasteiger partial charge < -0.3 is 10.0 Å². The van der Waals surface area contributed by atoms with Crippen molar-refractivity contribution in [3.8, 4) is 0 Å². The second kappa shape index (κ2) is 4.70. The molecule has 0 radical (unpaired) electrons. The van der Waals surface area contributed by atoms with Gasteiger partial charge in [-0.15, -0.1) is 0 Å². The van der Waals surface area contributed by atoms with Gasteiger partial charge in [-0.1, -0.05) is 11.6 Å². The predicted molar refractivity (Wildman–Crippen MR) is 70.7 cm³/mol. The Labute approximate surface area is 114 Å². The highest BCUT2D eigenvalue weighted by Gasteiger charge is 2.45. The zero-order chi connectivity index (χ0) is 14.2. The fraction of sp³-hybridized carbons (Fsp3) is 0.417. The number of halogens is 1. The zero-order valence-electron chi connectivity index (χ0n) is 10.3. The molecular formula is C12H13ClN2O4. The van der Waals surface area contributed by atoms with Crippen molar-refractivity contribution in [2.24, 2.45) is 0 Å². The van der Waals surface area contributed by atoms with Crippen molar-refractivity contribution in [2.75, 3.05) is 11.4 Å². The quantitative estimate of drug-likeness (QED) is 0.681. The largest absolute Gasteiger partial charge is 0.480 e. The van der Waals surface area contributed by atoms with Gasteiger partial charge in [-0.25, -0.2) is 4.79 Å². The summed E-state index contributed by atoms with van der Waals surface area (Å²) in [5.74, 6) is -0.987. The maximum atomic E-state index is 11.4. The van der Waals surface area contributed by atoms with E-state index in [9.17, 15) is 20.0 Å². The van der Waals surface area contributed by atoms with Crippen molar-refractivity contribution >= 4 is 28.9 Å². The van der Waals surface area contributed by atoms with Crippen LogP contribution < -0.4 is 4.90 Å². The fourth-order valence-corrected chi connectivity index (χ4v) is 2.61. The van der Waals surface area contributed by atoms with Crippen LogP contribution in [0, 0.1) is 10.1 Å². The van der Waals surface area contributed by atoms with E-state index >= 15 is 0 Å². The molecule has 6 nitrogen and oxygen atoms in total. The van der Waals surface area contributed by atoms with Crippen molar-refractivity contribution in [2.45, 2.75) is 25.3 Å². The molecule has 1 aromatic rings. The molecule has 7 heteroatoms. The van der Waals surface area contributed by atoms with E-state index in [4.69, 9.17) is 11.6 Å². The summed E-state index contributed by atoms with van der Waals surface area (Å²) in [5.41, 5.74) is -0.992. The topological polar surface area (TPSA) is 83.7 Å². The summed E-state index contributed by atoms with van der Waals surface area (Å²) in [7, 11) is 0. The van der Waals surface area contributed by atoms with Gasteiger partial charge in [0.15, 0.2) is 0 Å². The molecule has 2 rings (SSSR count). The lowest BCUT2D eigenvalue weighted by Crippen LogP contribution is -2.48. The Morgan fingerprint density at radius 2 is 2.26 bits per heavy atom. The molecule has 0 saturated carbocycles. The van der Waals surface area contributed by atoms with E-state index in [1.165, 1.54) is 18.2 Å². The van der Waals surface area contributed by atoms with E-state index in [0.717, 1.165) is 0 Å². The van der Waals surface area contributed by atoms with Gasteiger partial charge in [0.1, 0.15) is 11.2 Å². The first kappa shape index (κ1) is 13.6. The second-order valence-corrected chi connectivity index (χ2v) is 5.16. The molecule has 1 N–H and O–H groups in total. The molecule has 1 heterocycles. The molecule has 1 aromatic carbocycles. The highest BCUT2D eigenvalue weighted by Crippen LogP contribution is 2.40. The van der Waals surface area contributed by atoms with Crippen LogP contribution in [0.15, 0.2) is 18.2 Å². The Hall–Kier alpha value is -1.82. The van der Waals surface area contributed by atoms with Gasteiger partial charge in [-0.2, -0.15) is 0 Å². The van der Waals surface area contributed by atoms with Crippen LogP contribution in [-0.4, -0.2) is 28.1 Å². The number of carboxylic acid groups (broad SMARTS) is 1. The van der Waals surface area contributed by atoms with E-state index in [1.807, 2.05) is 0 Å². The van der Waals surface area contributed by atoms with Crippen LogP contribution in [0.3, 0.4) is 0 Å². The molecule has 0 aliphatic carbocycles. The number of nitro groups is 1. The summed E-state index contributed by atoms with van der Waals surface area (Å²) < 4.78 is 0. The summed E-state index contributed by atoms with van der Waals surface area (Å²) in [6, 6.07) is 4.18. The monoisotopic (exact) mass is 284 g/mol. The average Bonchev–Trinajstić information content (AvgIpc) is 2.72. The average molecular weight is 285 g/mol. The normalized spacial score (nSPS) is 22.5. The molecule has 1 aliphatic rings. The SMILES string of the molecule is CC1(C(=O)O)CCCN1c1cc(Cl)ccc1[N+](=O)[O-]. The number of carboxylic acids is 1. The van der Waals surface area contributed by atoms with Gasteiger partial charge >= 0.3 is 5.97 Å². The van der Waals surface area contributed by atoms with Crippen LogP contribution in [0.25, 0.3) is 0 Å². The second-order valence-electron chi connectivity index (χ2n) is 4.72. The lowest BCUT2D eigenvalue weighted by atomic mass is 9.98. The van der Waals surface area contributed by atoms with E-state index in [2.05, 4.69) is 0 Å². The van der Waals surface area contributed by atoms with Gasteiger partial charge in [-0.3, -0.25) is 10.1 Å². The van der Waals surface area contributed by atoms with Crippen molar-refractivity contribution in [3.05, 3.63) is 33.3 Å². The minimum Gasteiger partial charge on any atom is -0.480 e. The lowest BCUT2D eigenvalue weighted by Gasteiger charge is -2.32. The van der Waals surface area contributed by atoms with Gasteiger partial charge in [0.25, 0.3) is 5.69 Å². The van der Waals surface area contributed by atoms with Crippen molar-refractivity contribution in [1.29, 1.82) is 0 Å². The van der Waals surface area contributed by atoms with Gasteiger partial charge in [0, 0.05) is 17.6 Å². The summed E-state index contributed by atoms with van der Waals surface area (Å²) in [6.07, 6.45) is 1.12. The molecule has 1 fully saturated rings. The summed E-state index contributed by atoms with van der Waals surface area (Å²) in [5, 5.41) is 20.8. The molecular weight excluding hydrogens is 272 g/mol. The number of anilines is 1. The van der Waals surface area contributed by atoms with Crippen LogP contribution >= 0.6 is 11.6 Å². The number of hydrogen-bond acceptors (Lipinski definition) is 4. The number of aliphatic carboxylic acids is 1. The number of nitrogens with zero attached hydrogens (tertiary/aromatic N) is 2. The Morgan fingerprint density at radius 3 is 2.84 bits per heavy atom. The zero-order valence-corrected chi connectivity index (χ0v) is 11.1. The summed E-state index contributed by atoms with van der Waals surface area (Å²) in [6.45, 7) is 2.04. The predicted octanol–water partition coefficient (Wildman–Crippen LogP) is 2.69. The molecule has 0 bridgehead atoms. The van der Waals surface area contributed by atoms with Crippen molar-refractivity contribution in [1.82, 2.24) is 0 Å². The van der Waals surface area contributed by atoms with Gasteiger partial charge in [0.2, 0.25) is 0 Å². The number of rotatable bonds is 3. The lowest BCUT2D eigenvalue weighted by molar-refractivity contribution is -0.384. The Balaban J connectivity index is 2.55. The molecule has 0 spiro atoms. The standard InChI is InChI=1S/C12H13ClN2O4/c1-12(11(16)17)5-2-6-14(12)10-7-8(13)3-4-9(10)15(18)19/h3-4,7H,2,5-6H2,1H3,(H,16,17). The van der Waals surface area contributed by atoms with E-state index in [-0.39, 0.29) is 11.4 Å². The van der Waals surface area contributed by atoms with E-state index in [0.29, 0.717) is 24.4 Å². The first-order valence-corrected chi connectivity index (χ1v) is 6.19. The molecule has 1 saturated heterocycles. The molecule has 102 valence electrons. The van der Waals surface area contributed by atoms with Crippen LogP contribution in [0.2, 0.25) is 5.02 Å².